The first-order valence-electron chi connectivity index (χ1n) is 5.96. The summed E-state index contributed by atoms with van der Waals surface area (Å²) in [7, 11) is 0. The Labute approximate surface area is 111 Å². The Balaban J connectivity index is 2.00. The maximum absolute atomic E-state index is 5.78. The van der Waals surface area contributed by atoms with Gasteiger partial charge < -0.3 is 10.1 Å². The molecule has 0 saturated carbocycles. The summed E-state index contributed by atoms with van der Waals surface area (Å²) in [6, 6.07) is 6.06. The van der Waals surface area contributed by atoms with Crippen molar-refractivity contribution in [2.75, 3.05) is 11.9 Å². The standard InChI is InChI=1S/C13H17N3OS/c1-4-14-13-16-15-12(18-13)8-17-11-7-5-6-9(2)10(11)3/h5-7H,4,8H2,1-3H3,(H,14,16). The first-order valence-corrected chi connectivity index (χ1v) is 6.77. The van der Waals surface area contributed by atoms with Crippen LogP contribution in [0.3, 0.4) is 0 Å². The first-order chi connectivity index (χ1) is 8.70. The summed E-state index contributed by atoms with van der Waals surface area (Å²) in [6.45, 7) is 7.50. The highest BCUT2D eigenvalue weighted by Gasteiger charge is 2.06. The third-order valence-electron chi connectivity index (χ3n) is 2.70. The number of aryl methyl sites for hydroxylation is 1. The molecule has 2 aromatic rings. The van der Waals surface area contributed by atoms with Crippen LogP contribution < -0.4 is 10.1 Å². The van der Waals surface area contributed by atoms with E-state index in [1.54, 1.807) is 0 Å². The van der Waals surface area contributed by atoms with Crippen molar-refractivity contribution in [3.05, 3.63) is 34.3 Å². The van der Waals surface area contributed by atoms with Gasteiger partial charge in [0.25, 0.3) is 0 Å². The van der Waals surface area contributed by atoms with Gasteiger partial charge in [0.2, 0.25) is 5.13 Å². The fourth-order valence-electron chi connectivity index (χ4n) is 1.55. The Hall–Kier alpha value is -1.62. The van der Waals surface area contributed by atoms with Gasteiger partial charge in [-0.25, -0.2) is 0 Å². The van der Waals surface area contributed by atoms with Gasteiger partial charge in [-0.3, -0.25) is 0 Å². The Bertz CT molecular complexity index is 525. The Morgan fingerprint density at radius 1 is 1.28 bits per heavy atom. The number of benzene rings is 1. The van der Waals surface area contributed by atoms with Gasteiger partial charge in [0.05, 0.1) is 0 Å². The van der Waals surface area contributed by atoms with Crippen molar-refractivity contribution in [1.82, 2.24) is 10.2 Å². The van der Waals surface area contributed by atoms with E-state index in [9.17, 15) is 0 Å². The molecule has 0 aliphatic heterocycles. The number of hydrogen-bond donors (Lipinski definition) is 1. The molecule has 0 spiro atoms. The van der Waals surface area contributed by atoms with E-state index in [-0.39, 0.29) is 0 Å². The second-order valence-electron chi connectivity index (χ2n) is 4.02. The van der Waals surface area contributed by atoms with E-state index in [4.69, 9.17) is 4.74 Å². The summed E-state index contributed by atoms with van der Waals surface area (Å²) in [6.07, 6.45) is 0. The minimum atomic E-state index is 0.466. The number of ether oxygens (including phenoxy) is 1. The van der Waals surface area contributed by atoms with Crippen LogP contribution in [0.2, 0.25) is 0 Å². The molecule has 1 heterocycles. The molecule has 0 aliphatic carbocycles. The first kappa shape index (κ1) is 12.8. The minimum Gasteiger partial charge on any atom is -0.486 e. The van der Waals surface area contributed by atoms with Gasteiger partial charge in [-0.05, 0) is 38.0 Å². The van der Waals surface area contributed by atoms with Crippen LogP contribution in [0.15, 0.2) is 18.2 Å². The minimum absolute atomic E-state index is 0.466. The van der Waals surface area contributed by atoms with E-state index in [0.29, 0.717) is 6.61 Å². The van der Waals surface area contributed by atoms with E-state index >= 15 is 0 Å². The van der Waals surface area contributed by atoms with Gasteiger partial charge in [-0.1, -0.05) is 23.5 Å². The monoisotopic (exact) mass is 263 g/mol. The van der Waals surface area contributed by atoms with Crippen LogP contribution in [0.1, 0.15) is 23.1 Å². The van der Waals surface area contributed by atoms with Crippen molar-refractivity contribution in [3.63, 3.8) is 0 Å². The van der Waals surface area contributed by atoms with Crippen molar-refractivity contribution in [3.8, 4) is 5.75 Å². The molecule has 0 bridgehead atoms. The Morgan fingerprint density at radius 3 is 2.89 bits per heavy atom. The molecule has 0 atom stereocenters. The molecule has 1 N–H and O–H groups in total. The van der Waals surface area contributed by atoms with E-state index < -0.39 is 0 Å². The number of nitrogens with one attached hydrogen (secondary N) is 1. The predicted molar refractivity (Wildman–Crippen MR) is 74.3 cm³/mol. The molecule has 18 heavy (non-hydrogen) atoms. The lowest BCUT2D eigenvalue weighted by Crippen LogP contribution is -1.97. The summed E-state index contributed by atoms with van der Waals surface area (Å²) in [5.74, 6) is 0.912. The molecule has 0 radical (unpaired) electrons. The molecular weight excluding hydrogens is 246 g/mol. The zero-order chi connectivity index (χ0) is 13.0. The summed E-state index contributed by atoms with van der Waals surface area (Å²) in [4.78, 5) is 0. The number of hydrogen-bond acceptors (Lipinski definition) is 5. The molecule has 1 aromatic heterocycles. The fraction of sp³-hybridized carbons (Fsp3) is 0.385. The van der Waals surface area contributed by atoms with E-state index in [1.807, 2.05) is 19.1 Å². The van der Waals surface area contributed by atoms with Crippen LogP contribution in [0, 0.1) is 13.8 Å². The van der Waals surface area contributed by atoms with Gasteiger partial charge in [0.15, 0.2) is 5.01 Å². The van der Waals surface area contributed by atoms with Crippen LogP contribution in [-0.2, 0) is 6.61 Å². The molecule has 2 rings (SSSR count). The smallest absolute Gasteiger partial charge is 0.205 e. The highest BCUT2D eigenvalue weighted by Crippen LogP contribution is 2.23. The van der Waals surface area contributed by atoms with Gasteiger partial charge in [0, 0.05) is 6.54 Å². The third kappa shape index (κ3) is 2.98. The predicted octanol–water partition coefficient (Wildman–Crippen LogP) is 3.17. The lowest BCUT2D eigenvalue weighted by molar-refractivity contribution is 0.302. The van der Waals surface area contributed by atoms with Gasteiger partial charge >= 0.3 is 0 Å². The maximum Gasteiger partial charge on any atom is 0.205 e. The zero-order valence-electron chi connectivity index (χ0n) is 10.9. The number of anilines is 1. The normalized spacial score (nSPS) is 10.4. The van der Waals surface area contributed by atoms with Crippen LogP contribution in [-0.4, -0.2) is 16.7 Å². The van der Waals surface area contributed by atoms with Crippen molar-refractivity contribution in [1.29, 1.82) is 0 Å². The lowest BCUT2D eigenvalue weighted by atomic mass is 10.1. The van der Waals surface area contributed by atoms with Crippen LogP contribution in [0.25, 0.3) is 0 Å². The molecule has 0 amide bonds. The molecule has 1 aromatic carbocycles. The third-order valence-corrected chi connectivity index (χ3v) is 3.56. The molecule has 5 heteroatoms. The van der Waals surface area contributed by atoms with Crippen LogP contribution >= 0.6 is 11.3 Å². The van der Waals surface area contributed by atoms with Gasteiger partial charge in [0.1, 0.15) is 12.4 Å². The number of aromatic nitrogens is 2. The van der Waals surface area contributed by atoms with Crippen molar-refractivity contribution in [2.45, 2.75) is 27.4 Å². The van der Waals surface area contributed by atoms with Crippen molar-refractivity contribution in [2.24, 2.45) is 0 Å². The second-order valence-corrected chi connectivity index (χ2v) is 5.08. The highest BCUT2D eigenvalue weighted by molar-refractivity contribution is 7.15. The van der Waals surface area contributed by atoms with Crippen LogP contribution in [0.5, 0.6) is 5.75 Å². The Morgan fingerprint density at radius 2 is 2.11 bits per heavy atom. The summed E-state index contributed by atoms with van der Waals surface area (Å²) >= 11 is 1.53. The van der Waals surface area contributed by atoms with Crippen LogP contribution in [0.4, 0.5) is 5.13 Å². The average Bonchev–Trinajstić information content (AvgIpc) is 2.79. The second kappa shape index (κ2) is 5.82. The molecule has 0 fully saturated rings. The molecule has 0 unspecified atom stereocenters. The number of rotatable bonds is 5. The lowest BCUT2D eigenvalue weighted by Gasteiger charge is -2.08. The molecule has 0 saturated heterocycles. The van der Waals surface area contributed by atoms with Gasteiger partial charge in [-0.15, -0.1) is 10.2 Å². The van der Waals surface area contributed by atoms with Crippen molar-refractivity contribution >= 4 is 16.5 Å². The van der Waals surface area contributed by atoms with Gasteiger partial charge in [-0.2, -0.15) is 0 Å². The summed E-state index contributed by atoms with van der Waals surface area (Å²) in [5, 5.41) is 13.0. The van der Waals surface area contributed by atoms with Crippen molar-refractivity contribution < 1.29 is 4.74 Å². The fourth-order valence-corrected chi connectivity index (χ4v) is 2.28. The molecule has 4 nitrogen and oxygen atoms in total. The SMILES string of the molecule is CCNc1nnc(COc2cccc(C)c2C)s1. The molecule has 0 aliphatic rings. The van der Waals surface area contributed by atoms with E-state index in [1.165, 1.54) is 22.5 Å². The topological polar surface area (TPSA) is 47.0 Å². The average molecular weight is 263 g/mol. The highest BCUT2D eigenvalue weighted by atomic mass is 32.1. The Kier molecular flexibility index (Phi) is 4.15. The molecule has 96 valence electrons. The summed E-state index contributed by atoms with van der Waals surface area (Å²) in [5.41, 5.74) is 2.41. The maximum atomic E-state index is 5.78. The van der Waals surface area contributed by atoms with E-state index in [0.717, 1.165) is 22.4 Å². The molecular formula is C13H17N3OS. The quantitative estimate of drug-likeness (QED) is 0.900. The van der Waals surface area contributed by atoms with E-state index in [2.05, 4.69) is 35.4 Å². The summed E-state index contributed by atoms with van der Waals surface area (Å²) < 4.78 is 5.78. The number of nitrogens with zero attached hydrogens (tertiary/aromatic N) is 2. The zero-order valence-corrected chi connectivity index (χ0v) is 11.7. The largest absolute Gasteiger partial charge is 0.486 e.